The van der Waals surface area contributed by atoms with Crippen LogP contribution in [0.15, 0.2) is 0 Å². The van der Waals surface area contributed by atoms with Gasteiger partial charge < -0.3 is 10.2 Å². The molecule has 1 N–H and O–H groups in total. The first-order valence-corrected chi connectivity index (χ1v) is 5.72. The molecule has 2 atom stereocenters. The topological polar surface area (TPSA) is 32.3 Å². The first-order valence-electron chi connectivity index (χ1n) is 5.18. The van der Waals surface area contributed by atoms with E-state index in [1.807, 2.05) is 6.92 Å². The van der Waals surface area contributed by atoms with Gasteiger partial charge in [0.25, 0.3) is 0 Å². The number of hydrogen-bond acceptors (Lipinski definition) is 2. The molecule has 1 amide bonds. The Bertz CT molecular complexity index is 199. The molecule has 0 aromatic rings. The Balaban J connectivity index is 2.32. The average Bonchev–Trinajstić information content (AvgIpc) is 2.16. The molecule has 0 radical (unpaired) electrons. The molecule has 0 aliphatic carbocycles. The Hall–Kier alpha value is -0.280. The van der Waals surface area contributed by atoms with Crippen LogP contribution < -0.4 is 5.32 Å². The molecule has 3 nitrogen and oxygen atoms in total. The van der Waals surface area contributed by atoms with Crippen LogP contribution in [0, 0.1) is 5.92 Å². The minimum Gasteiger partial charge on any atom is -0.352 e. The van der Waals surface area contributed by atoms with E-state index in [0.29, 0.717) is 11.9 Å². The fourth-order valence-electron chi connectivity index (χ4n) is 1.70. The van der Waals surface area contributed by atoms with Crippen molar-refractivity contribution in [2.24, 2.45) is 5.92 Å². The van der Waals surface area contributed by atoms with E-state index in [4.69, 9.17) is 11.6 Å². The molecule has 0 aromatic carbocycles. The van der Waals surface area contributed by atoms with Crippen molar-refractivity contribution in [1.82, 2.24) is 10.2 Å². The maximum atomic E-state index is 11.5. The largest absolute Gasteiger partial charge is 0.352 e. The predicted molar refractivity (Wildman–Crippen MR) is 58.5 cm³/mol. The summed E-state index contributed by atoms with van der Waals surface area (Å²) in [5.41, 5.74) is 0. The summed E-state index contributed by atoms with van der Waals surface area (Å²) in [5.74, 6) is 0.401. The van der Waals surface area contributed by atoms with Crippen LogP contribution in [0.3, 0.4) is 0 Å². The van der Waals surface area contributed by atoms with Crippen molar-refractivity contribution >= 4 is 17.5 Å². The molecule has 0 spiro atoms. The van der Waals surface area contributed by atoms with Gasteiger partial charge in [-0.05, 0) is 26.4 Å². The Morgan fingerprint density at radius 1 is 1.71 bits per heavy atom. The normalized spacial score (nSPS) is 25.8. The van der Waals surface area contributed by atoms with Gasteiger partial charge in [0.2, 0.25) is 5.91 Å². The zero-order valence-electron chi connectivity index (χ0n) is 8.92. The number of amides is 1. The number of nitrogens with zero attached hydrogens (tertiary/aromatic N) is 1. The van der Waals surface area contributed by atoms with Crippen LogP contribution in [-0.2, 0) is 4.79 Å². The molecule has 0 aromatic heterocycles. The second-order valence-corrected chi connectivity index (χ2v) is 4.47. The van der Waals surface area contributed by atoms with Crippen LogP contribution >= 0.6 is 11.6 Å². The first-order chi connectivity index (χ1) is 6.63. The smallest absolute Gasteiger partial charge is 0.224 e. The van der Waals surface area contributed by atoms with Gasteiger partial charge in [-0.2, -0.15) is 0 Å². The molecule has 14 heavy (non-hydrogen) atoms. The van der Waals surface area contributed by atoms with Crippen LogP contribution in [-0.4, -0.2) is 42.9 Å². The lowest BCUT2D eigenvalue weighted by atomic mass is 10.1. The summed E-state index contributed by atoms with van der Waals surface area (Å²) in [7, 11) is 2.09. The summed E-state index contributed by atoms with van der Waals surface area (Å²) in [6, 6.07) is 0.312. The summed E-state index contributed by atoms with van der Waals surface area (Å²) < 4.78 is 0. The van der Waals surface area contributed by atoms with Crippen molar-refractivity contribution in [3.8, 4) is 0 Å². The van der Waals surface area contributed by atoms with Crippen molar-refractivity contribution in [3.63, 3.8) is 0 Å². The fourth-order valence-corrected chi connectivity index (χ4v) is 1.84. The molecule has 1 aliphatic heterocycles. The summed E-state index contributed by atoms with van der Waals surface area (Å²) in [6.45, 7) is 3.95. The van der Waals surface area contributed by atoms with E-state index in [0.717, 1.165) is 25.9 Å². The number of halogens is 1. The molecule has 1 aliphatic rings. The van der Waals surface area contributed by atoms with Crippen LogP contribution in [0.25, 0.3) is 0 Å². The maximum absolute atomic E-state index is 11.5. The highest BCUT2D eigenvalue weighted by molar-refractivity contribution is 6.19. The van der Waals surface area contributed by atoms with Gasteiger partial charge in [-0.15, -0.1) is 11.6 Å². The zero-order valence-corrected chi connectivity index (χ0v) is 9.68. The van der Waals surface area contributed by atoms with E-state index in [2.05, 4.69) is 17.3 Å². The van der Waals surface area contributed by atoms with E-state index in [1.165, 1.54) is 0 Å². The van der Waals surface area contributed by atoms with Crippen molar-refractivity contribution in [1.29, 1.82) is 0 Å². The van der Waals surface area contributed by atoms with Crippen LogP contribution in [0.4, 0.5) is 0 Å². The second-order valence-electron chi connectivity index (χ2n) is 4.17. The third-order valence-corrected chi connectivity index (χ3v) is 3.11. The zero-order chi connectivity index (χ0) is 10.6. The van der Waals surface area contributed by atoms with Gasteiger partial charge in [0.05, 0.1) is 0 Å². The monoisotopic (exact) mass is 218 g/mol. The Morgan fingerprint density at radius 2 is 2.43 bits per heavy atom. The summed E-state index contributed by atoms with van der Waals surface area (Å²) in [6.07, 6.45) is 2.25. The number of likely N-dealkylation sites (N-methyl/N-ethyl adjacent to an activating group) is 1. The van der Waals surface area contributed by atoms with E-state index in [-0.39, 0.29) is 11.8 Å². The third kappa shape index (κ3) is 3.46. The molecule has 1 rings (SSSR count). The number of likely N-dealkylation sites (tertiary alicyclic amines) is 1. The number of hydrogen-bond donors (Lipinski definition) is 1. The predicted octanol–water partition coefficient (Wildman–Crippen LogP) is 1.07. The van der Waals surface area contributed by atoms with Crippen molar-refractivity contribution < 1.29 is 4.79 Å². The molecular formula is C10H19ClN2O. The van der Waals surface area contributed by atoms with Crippen LogP contribution in [0.1, 0.15) is 19.8 Å². The lowest BCUT2D eigenvalue weighted by molar-refractivity contribution is -0.124. The molecule has 1 fully saturated rings. The van der Waals surface area contributed by atoms with Crippen LogP contribution in [0.5, 0.6) is 0 Å². The lowest BCUT2D eigenvalue weighted by Gasteiger charge is -2.30. The minimum atomic E-state index is -0.0797. The fraction of sp³-hybridized carbons (Fsp3) is 0.900. The maximum Gasteiger partial charge on any atom is 0.224 e. The number of carbonyl (C=O) groups is 1. The molecule has 1 saturated heterocycles. The molecule has 1 heterocycles. The van der Waals surface area contributed by atoms with Crippen LogP contribution in [0.2, 0.25) is 0 Å². The van der Waals surface area contributed by atoms with Gasteiger partial charge >= 0.3 is 0 Å². The molecular weight excluding hydrogens is 200 g/mol. The third-order valence-electron chi connectivity index (χ3n) is 2.65. The van der Waals surface area contributed by atoms with E-state index < -0.39 is 0 Å². The summed E-state index contributed by atoms with van der Waals surface area (Å²) in [5, 5.41) is 3.03. The lowest BCUT2D eigenvalue weighted by Crippen LogP contribution is -2.47. The van der Waals surface area contributed by atoms with Crippen molar-refractivity contribution in [3.05, 3.63) is 0 Å². The van der Waals surface area contributed by atoms with Gasteiger partial charge in [0, 0.05) is 24.4 Å². The number of nitrogens with one attached hydrogen (secondary N) is 1. The van der Waals surface area contributed by atoms with E-state index in [1.54, 1.807) is 0 Å². The van der Waals surface area contributed by atoms with E-state index >= 15 is 0 Å². The Kier molecular flexibility index (Phi) is 4.69. The molecule has 4 heteroatoms. The van der Waals surface area contributed by atoms with Gasteiger partial charge in [-0.1, -0.05) is 6.92 Å². The molecule has 0 saturated carbocycles. The number of alkyl halides is 1. The summed E-state index contributed by atoms with van der Waals surface area (Å²) >= 11 is 5.62. The SMILES string of the molecule is CC(CCl)C(=O)NC1CCCN(C)C1. The standard InChI is InChI=1S/C10H19ClN2O/c1-8(6-11)10(14)12-9-4-3-5-13(2)7-9/h8-9H,3-7H2,1-2H3,(H,12,14). The molecule has 2 unspecified atom stereocenters. The number of rotatable bonds is 3. The number of piperidine rings is 1. The highest BCUT2D eigenvalue weighted by Crippen LogP contribution is 2.09. The van der Waals surface area contributed by atoms with Gasteiger partial charge in [-0.25, -0.2) is 0 Å². The first kappa shape index (κ1) is 11.8. The minimum absolute atomic E-state index is 0.0797. The second kappa shape index (κ2) is 5.56. The van der Waals surface area contributed by atoms with Crippen molar-refractivity contribution in [2.45, 2.75) is 25.8 Å². The average molecular weight is 219 g/mol. The molecule has 82 valence electrons. The highest BCUT2D eigenvalue weighted by Gasteiger charge is 2.20. The van der Waals surface area contributed by atoms with E-state index in [9.17, 15) is 4.79 Å². The Morgan fingerprint density at radius 3 is 3.00 bits per heavy atom. The summed E-state index contributed by atoms with van der Waals surface area (Å²) in [4.78, 5) is 13.8. The molecule has 0 bridgehead atoms. The van der Waals surface area contributed by atoms with Gasteiger partial charge in [0.15, 0.2) is 0 Å². The quantitative estimate of drug-likeness (QED) is 0.719. The van der Waals surface area contributed by atoms with Gasteiger partial charge in [-0.3, -0.25) is 4.79 Å². The van der Waals surface area contributed by atoms with Crippen molar-refractivity contribution in [2.75, 3.05) is 26.0 Å². The number of carbonyl (C=O) groups excluding carboxylic acids is 1. The highest BCUT2D eigenvalue weighted by atomic mass is 35.5. The van der Waals surface area contributed by atoms with Gasteiger partial charge in [0.1, 0.15) is 0 Å². The Labute approximate surface area is 90.8 Å².